The van der Waals surface area contributed by atoms with Crippen LogP contribution >= 0.6 is 0 Å². The van der Waals surface area contributed by atoms with Crippen LogP contribution in [0.1, 0.15) is 22.4 Å². The van der Waals surface area contributed by atoms with E-state index in [1.807, 2.05) is 30.3 Å². The number of hydrogen-bond donors (Lipinski definition) is 2. The third-order valence-corrected chi connectivity index (χ3v) is 2.86. The molecule has 1 aromatic carbocycles. The van der Waals surface area contributed by atoms with E-state index in [2.05, 4.69) is 10.1 Å². The van der Waals surface area contributed by atoms with Crippen LogP contribution in [-0.4, -0.2) is 21.4 Å². The van der Waals surface area contributed by atoms with Gasteiger partial charge in [-0.1, -0.05) is 35.5 Å². The van der Waals surface area contributed by atoms with Gasteiger partial charge in [0.2, 0.25) is 0 Å². The van der Waals surface area contributed by atoms with Gasteiger partial charge in [-0.2, -0.15) is 0 Å². The number of rotatable bonds is 5. The summed E-state index contributed by atoms with van der Waals surface area (Å²) in [4.78, 5) is 9.15. The van der Waals surface area contributed by atoms with Crippen molar-refractivity contribution in [2.45, 2.75) is 20.1 Å². The molecule has 0 aliphatic rings. The van der Waals surface area contributed by atoms with Crippen LogP contribution in [-0.2, 0) is 18.1 Å². The first-order chi connectivity index (χ1) is 9.72. The first kappa shape index (κ1) is 14.0. The number of aryl methyl sites for hydroxylation is 1. The summed E-state index contributed by atoms with van der Waals surface area (Å²) in [6.45, 7) is 1.80. The number of benzene rings is 1. The van der Waals surface area contributed by atoms with Crippen molar-refractivity contribution in [1.29, 1.82) is 0 Å². The maximum atomic E-state index is 9.91. The number of pyridine rings is 1. The van der Waals surface area contributed by atoms with Crippen LogP contribution in [0.25, 0.3) is 0 Å². The van der Waals surface area contributed by atoms with Crippen LogP contribution in [0.3, 0.4) is 0 Å². The van der Waals surface area contributed by atoms with E-state index in [-0.39, 0.29) is 12.4 Å². The van der Waals surface area contributed by atoms with Crippen molar-refractivity contribution in [2.24, 2.45) is 5.16 Å². The van der Waals surface area contributed by atoms with Gasteiger partial charge in [0.25, 0.3) is 0 Å². The third kappa shape index (κ3) is 3.33. The lowest BCUT2D eigenvalue weighted by Crippen LogP contribution is -1.98. The number of aliphatic hydroxyl groups excluding tert-OH is 1. The van der Waals surface area contributed by atoms with E-state index in [0.717, 1.165) is 5.56 Å². The van der Waals surface area contributed by atoms with Gasteiger partial charge in [0.05, 0.1) is 18.5 Å². The molecule has 0 fully saturated rings. The van der Waals surface area contributed by atoms with Crippen molar-refractivity contribution in [3.63, 3.8) is 0 Å². The average molecular weight is 272 g/mol. The Bertz CT molecular complexity index is 598. The maximum absolute atomic E-state index is 9.91. The van der Waals surface area contributed by atoms with E-state index in [9.17, 15) is 10.2 Å². The van der Waals surface area contributed by atoms with Crippen LogP contribution in [0.15, 0.2) is 41.7 Å². The normalized spacial score (nSPS) is 10.9. The Hall–Kier alpha value is -2.40. The van der Waals surface area contributed by atoms with Crippen LogP contribution in [0.5, 0.6) is 5.75 Å². The topological polar surface area (TPSA) is 74.9 Å². The number of aromatic hydroxyl groups is 1. The molecule has 104 valence electrons. The highest BCUT2D eigenvalue weighted by atomic mass is 16.6. The molecule has 0 aliphatic heterocycles. The van der Waals surface area contributed by atoms with E-state index >= 15 is 0 Å². The zero-order valence-electron chi connectivity index (χ0n) is 11.2. The molecular weight excluding hydrogens is 256 g/mol. The Kier molecular flexibility index (Phi) is 4.68. The first-order valence-electron chi connectivity index (χ1n) is 6.20. The Morgan fingerprint density at radius 3 is 2.75 bits per heavy atom. The fraction of sp³-hybridized carbons (Fsp3) is 0.200. The first-order valence-corrected chi connectivity index (χ1v) is 6.20. The molecule has 0 spiro atoms. The zero-order chi connectivity index (χ0) is 14.4. The predicted molar refractivity (Wildman–Crippen MR) is 75.4 cm³/mol. The fourth-order valence-corrected chi connectivity index (χ4v) is 1.70. The van der Waals surface area contributed by atoms with Gasteiger partial charge in [0, 0.05) is 17.3 Å². The van der Waals surface area contributed by atoms with Crippen molar-refractivity contribution < 1.29 is 15.1 Å². The highest BCUT2D eigenvalue weighted by Gasteiger charge is 2.09. The molecule has 1 heterocycles. The Morgan fingerprint density at radius 2 is 2.05 bits per heavy atom. The zero-order valence-corrected chi connectivity index (χ0v) is 11.2. The monoisotopic (exact) mass is 272 g/mol. The smallest absolute Gasteiger partial charge is 0.146 e. The molecular formula is C15H16N2O3. The lowest BCUT2D eigenvalue weighted by atomic mass is 10.1. The van der Waals surface area contributed by atoms with E-state index in [1.165, 1.54) is 12.4 Å². The number of aromatic nitrogens is 1. The second-order valence-corrected chi connectivity index (χ2v) is 4.28. The molecule has 0 aliphatic carbocycles. The summed E-state index contributed by atoms with van der Waals surface area (Å²) in [5, 5.41) is 22.9. The summed E-state index contributed by atoms with van der Waals surface area (Å²) in [5.41, 5.74) is 2.40. The maximum Gasteiger partial charge on any atom is 0.146 e. The third-order valence-electron chi connectivity index (χ3n) is 2.86. The minimum Gasteiger partial charge on any atom is -0.505 e. The minimum absolute atomic E-state index is 0.00334. The molecule has 0 radical (unpaired) electrons. The molecule has 1 aromatic heterocycles. The quantitative estimate of drug-likeness (QED) is 0.646. The van der Waals surface area contributed by atoms with Gasteiger partial charge in [0.15, 0.2) is 0 Å². The van der Waals surface area contributed by atoms with Crippen molar-refractivity contribution in [3.05, 3.63) is 58.9 Å². The van der Waals surface area contributed by atoms with Gasteiger partial charge >= 0.3 is 0 Å². The van der Waals surface area contributed by atoms with Gasteiger partial charge in [0.1, 0.15) is 12.4 Å². The van der Waals surface area contributed by atoms with E-state index in [1.54, 1.807) is 6.92 Å². The minimum atomic E-state index is -0.221. The molecule has 0 atom stereocenters. The van der Waals surface area contributed by atoms with Gasteiger partial charge in [-0.3, -0.25) is 4.98 Å². The summed E-state index contributed by atoms with van der Waals surface area (Å²) in [5.74, 6) is 0.00334. The molecule has 0 unspecified atom stereocenters. The Labute approximate surface area is 117 Å². The average Bonchev–Trinajstić information content (AvgIpc) is 2.49. The summed E-state index contributed by atoms with van der Waals surface area (Å²) in [7, 11) is 0. The molecule has 5 heteroatoms. The van der Waals surface area contributed by atoms with Gasteiger partial charge in [-0.25, -0.2) is 0 Å². The Morgan fingerprint density at radius 1 is 1.30 bits per heavy atom. The van der Waals surface area contributed by atoms with E-state index in [0.29, 0.717) is 23.4 Å². The van der Waals surface area contributed by atoms with Crippen LogP contribution in [0.2, 0.25) is 0 Å². The number of hydrogen-bond acceptors (Lipinski definition) is 5. The fourth-order valence-electron chi connectivity index (χ4n) is 1.70. The van der Waals surface area contributed by atoms with E-state index < -0.39 is 0 Å². The summed E-state index contributed by atoms with van der Waals surface area (Å²) in [6, 6.07) is 9.64. The van der Waals surface area contributed by atoms with Crippen molar-refractivity contribution in [1.82, 2.24) is 4.98 Å². The van der Waals surface area contributed by atoms with Gasteiger partial charge < -0.3 is 15.1 Å². The summed E-state index contributed by atoms with van der Waals surface area (Å²) < 4.78 is 0. The standard InChI is InChI=1S/C15H16N2O3/c1-11-15(19)14(13(9-18)7-16-11)8-17-20-10-12-5-3-2-4-6-12/h2-8,18-19H,9-10H2,1H3/b17-8-. The van der Waals surface area contributed by atoms with Crippen LogP contribution < -0.4 is 0 Å². The summed E-state index contributed by atoms with van der Waals surface area (Å²) in [6.07, 6.45) is 2.89. The second kappa shape index (κ2) is 6.68. The highest BCUT2D eigenvalue weighted by Crippen LogP contribution is 2.21. The molecule has 0 amide bonds. The van der Waals surface area contributed by atoms with Crippen molar-refractivity contribution in [2.75, 3.05) is 0 Å². The molecule has 0 saturated carbocycles. The number of oxime groups is 1. The van der Waals surface area contributed by atoms with Crippen molar-refractivity contribution >= 4 is 6.21 Å². The molecule has 2 aromatic rings. The second-order valence-electron chi connectivity index (χ2n) is 4.28. The van der Waals surface area contributed by atoms with Gasteiger partial charge in [-0.15, -0.1) is 0 Å². The summed E-state index contributed by atoms with van der Waals surface area (Å²) >= 11 is 0. The number of nitrogens with zero attached hydrogens (tertiary/aromatic N) is 2. The molecule has 20 heavy (non-hydrogen) atoms. The lowest BCUT2D eigenvalue weighted by Gasteiger charge is -2.06. The van der Waals surface area contributed by atoms with E-state index in [4.69, 9.17) is 4.84 Å². The highest BCUT2D eigenvalue weighted by molar-refractivity contribution is 5.85. The molecule has 2 N–H and O–H groups in total. The predicted octanol–water partition coefficient (Wildman–Crippen LogP) is 2.14. The SMILES string of the molecule is Cc1ncc(CO)c(/C=N\OCc2ccccc2)c1O. The Balaban J connectivity index is 2.06. The molecule has 0 saturated heterocycles. The number of aliphatic hydroxyl groups is 1. The molecule has 2 rings (SSSR count). The molecule has 0 bridgehead atoms. The van der Waals surface area contributed by atoms with Gasteiger partial charge in [-0.05, 0) is 12.5 Å². The van der Waals surface area contributed by atoms with Crippen molar-refractivity contribution in [3.8, 4) is 5.75 Å². The molecule has 5 nitrogen and oxygen atoms in total. The van der Waals surface area contributed by atoms with Crippen LogP contribution in [0.4, 0.5) is 0 Å². The largest absolute Gasteiger partial charge is 0.505 e. The van der Waals surface area contributed by atoms with Crippen LogP contribution in [0, 0.1) is 6.92 Å². The lowest BCUT2D eigenvalue weighted by molar-refractivity contribution is 0.132.